The predicted octanol–water partition coefficient (Wildman–Crippen LogP) is 2.53. The molecule has 1 aromatic carbocycles. The van der Waals surface area contributed by atoms with Crippen molar-refractivity contribution in [2.45, 2.75) is 12.5 Å². The number of likely N-dealkylation sites (tertiary alicyclic amines) is 1. The van der Waals surface area contributed by atoms with Gasteiger partial charge in [-0.15, -0.1) is 11.3 Å². The number of thiophene rings is 1. The van der Waals surface area contributed by atoms with Gasteiger partial charge in [-0.25, -0.2) is 0 Å². The first-order valence-corrected chi connectivity index (χ1v) is 9.58. The average molecular weight is 341 g/mol. The summed E-state index contributed by atoms with van der Waals surface area (Å²) in [6.07, 6.45) is 1.10. The number of hydrogen-bond acceptors (Lipinski definition) is 4. The lowest BCUT2D eigenvalue weighted by Gasteiger charge is -2.32. The van der Waals surface area contributed by atoms with E-state index in [0.717, 1.165) is 61.7 Å². The zero-order valence-electron chi connectivity index (χ0n) is 13.8. The number of piperazine rings is 1. The van der Waals surface area contributed by atoms with Crippen LogP contribution in [-0.2, 0) is 0 Å². The standard InChI is InChI=1S/C19H23N3OS/c23-19(18-17(7-13-24-18)15-4-2-1-3-5-15)22-10-6-16(14-22)21-11-8-20-9-12-21/h1-5,7,13,16,20H,6,8-12,14H2. The highest BCUT2D eigenvalue weighted by atomic mass is 32.1. The molecule has 0 saturated carbocycles. The summed E-state index contributed by atoms with van der Waals surface area (Å²) in [5.41, 5.74) is 2.19. The predicted molar refractivity (Wildman–Crippen MR) is 98.5 cm³/mol. The van der Waals surface area contributed by atoms with Crippen LogP contribution in [0.3, 0.4) is 0 Å². The summed E-state index contributed by atoms with van der Waals surface area (Å²) >= 11 is 1.56. The number of carbonyl (C=O) groups excluding carboxylic acids is 1. The molecule has 4 nitrogen and oxygen atoms in total. The van der Waals surface area contributed by atoms with Gasteiger partial charge in [-0.1, -0.05) is 30.3 Å². The summed E-state index contributed by atoms with van der Waals surface area (Å²) in [5.74, 6) is 0.196. The lowest BCUT2D eigenvalue weighted by atomic mass is 10.1. The number of nitrogens with zero attached hydrogens (tertiary/aromatic N) is 2. The number of benzene rings is 1. The van der Waals surface area contributed by atoms with Gasteiger partial charge in [0, 0.05) is 50.9 Å². The van der Waals surface area contributed by atoms with E-state index in [9.17, 15) is 4.79 Å². The fourth-order valence-electron chi connectivity index (χ4n) is 3.74. The Bertz CT molecular complexity index is 694. The molecule has 126 valence electrons. The molecule has 2 aliphatic rings. The first-order chi connectivity index (χ1) is 11.8. The van der Waals surface area contributed by atoms with Crippen LogP contribution in [-0.4, -0.2) is 61.0 Å². The number of nitrogens with one attached hydrogen (secondary N) is 1. The molecular weight excluding hydrogens is 318 g/mol. The first-order valence-electron chi connectivity index (χ1n) is 8.70. The van der Waals surface area contributed by atoms with Crippen LogP contribution in [0.4, 0.5) is 0 Å². The molecule has 1 atom stereocenters. The van der Waals surface area contributed by atoms with E-state index in [2.05, 4.69) is 28.4 Å². The Morgan fingerprint density at radius 1 is 1.08 bits per heavy atom. The second-order valence-electron chi connectivity index (χ2n) is 6.51. The minimum absolute atomic E-state index is 0.196. The Kier molecular flexibility index (Phi) is 4.65. The summed E-state index contributed by atoms with van der Waals surface area (Å²) in [6, 6.07) is 12.8. The van der Waals surface area contributed by atoms with E-state index in [0.29, 0.717) is 6.04 Å². The first kappa shape index (κ1) is 15.8. The molecule has 0 radical (unpaired) electrons. The van der Waals surface area contributed by atoms with Crippen LogP contribution >= 0.6 is 11.3 Å². The second-order valence-corrected chi connectivity index (χ2v) is 7.43. The summed E-state index contributed by atoms with van der Waals surface area (Å²) in [7, 11) is 0. The Balaban J connectivity index is 1.48. The molecule has 2 fully saturated rings. The minimum atomic E-state index is 0.196. The highest BCUT2D eigenvalue weighted by Gasteiger charge is 2.32. The minimum Gasteiger partial charge on any atom is -0.336 e. The molecule has 24 heavy (non-hydrogen) atoms. The summed E-state index contributed by atoms with van der Waals surface area (Å²) in [4.78, 5) is 18.5. The largest absolute Gasteiger partial charge is 0.336 e. The van der Waals surface area contributed by atoms with Crippen LogP contribution < -0.4 is 5.32 Å². The Morgan fingerprint density at radius 3 is 2.67 bits per heavy atom. The van der Waals surface area contributed by atoms with Gasteiger partial charge in [0.2, 0.25) is 0 Å². The summed E-state index contributed by atoms with van der Waals surface area (Å²) in [6.45, 7) is 6.06. The monoisotopic (exact) mass is 341 g/mol. The van der Waals surface area contributed by atoms with E-state index in [1.165, 1.54) is 0 Å². The van der Waals surface area contributed by atoms with Gasteiger partial charge < -0.3 is 10.2 Å². The van der Waals surface area contributed by atoms with Gasteiger partial charge in [-0.3, -0.25) is 9.69 Å². The Morgan fingerprint density at radius 2 is 1.88 bits per heavy atom. The molecule has 1 aromatic heterocycles. The van der Waals surface area contributed by atoms with Crippen molar-refractivity contribution >= 4 is 17.2 Å². The highest BCUT2D eigenvalue weighted by molar-refractivity contribution is 7.12. The van der Waals surface area contributed by atoms with Gasteiger partial charge in [0.25, 0.3) is 5.91 Å². The smallest absolute Gasteiger partial charge is 0.264 e. The van der Waals surface area contributed by atoms with E-state index in [-0.39, 0.29) is 5.91 Å². The Labute approximate surface area is 147 Å². The number of carbonyl (C=O) groups is 1. The number of rotatable bonds is 3. The average Bonchev–Trinajstić information content (AvgIpc) is 3.32. The third-order valence-electron chi connectivity index (χ3n) is 5.06. The van der Waals surface area contributed by atoms with Crippen LogP contribution in [0.1, 0.15) is 16.1 Å². The maximum absolute atomic E-state index is 13.0. The molecule has 2 aliphatic heterocycles. The van der Waals surface area contributed by atoms with Crippen molar-refractivity contribution in [3.8, 4) is 11.1 Å². The maximum atomic E-state index is 13.0. The zero-order valence-corrected chi connectivity index (χ0v) is 14.6. The molecule has 3 heterocycles. The van der Waals surface area contributed by atoms with Crippen molar-refractivity contribution in [2.75, 3.05) is 39.3 Å². The van der Waals surface area contributed by atoms with Crippen LogP contribution in [0, 0.1) is 0 Å². The molecule has 1 N–H and O–H groups in total. The van der Waals surface area contributed by atoms with E-state index in [1.54, 1.807) is 11.3 Å². The van der Waals surface area contributed by atoms with Gasteiger partial charge in [0.15, 0.2) is 0 Å². The van der Waals surface area contributed by atoms with Crippen molar-refractivity contribution in [1.29, 1.82) is 0 Å². The molecule has 0 bridgehead atoms. The molecule has 0 aliphatic carbocycles. The third kappa shape index (κ3) is 3.11. The lowest BCUT2D eigenvalue weighted by Crippen LogP contribution is -2.49. The molecule has 1 amide bonds. The van der Waals surface area contributed by atoms with Crippen molar-refractivity contribution in [3.63, 3.8) is 0 Å². The van der Waals surface area contributed by atoms with Gasteiger partial charge in [-0.05, 0) is 23.4 Å². The van der Waals surface area contributed by atoms with E-state index >= 15 is 0 Å². The molecule has 1 unspecified atom stereocenters. The molecule has 0 spiro atoms. The molecule has 4 rings (SSSR count). The highest BCUT2D eigenvalue weighted by Crippen LogP contribution is 2.30. The maximum Gasteiger partial charge on any atom is 0.264 e. The van der Waals surface area contributed by atoms with Crippen LogP contribution in [0.15, 0.2) is 41.8 Å². The van der Waals surface area contributed by atoms with E-state index < -0.39 is 0 Å². The number of hydrogen-bond donors (Lipinski definition) is 1. The van der Waals surface area contributed by atoms with Crippen molar-refractivity contribution < 1.29 is 4.79 Å². The second kappa shape index (κ2) is 7.05. The van der Waals surface area contributed by atoms with E-state index in [1.807, 2.05) is 28.5 Å². The van der Waals surface area contributed by atoms with Gasteiger partial charge in [0.05, 0.1) is 4.88 Å². The fourth-order valence-corrected chi connectivity index (χ4v) is 4.62. The number of amides is 1. The third-order valence-corrected chi connectivity index (χ3v) is 5.97. The normalized spacial score (nSPS) is 22.0. The summed E-state index contributed by atoms with van der Waals surface area (Å²) in [5, 5.41) is 5.43. The summed E-state index contributed by atoms with van der Waals surface area (Å²) < 4.78 is 0. The molecule has 2 aromatic rings. The zero-order chi connectivity index (χ0) is 16.4. The van der Waals surface area contributed by atoms with Crippen LogP contribution in [0.25, 0.3) is 11.1 Å². The van der Waals surface area contributed by atoms with Crippen molar-refractivity contribution in [1.82, 2.24) is 15.1 Å². The van der Waals surface area contributed by atoms with Crippen LogP contribution in [0.5, 0.6) is 0 Å². The molecular formula is C19H23N3OS. The van der Waals surface area contributed by atoms with Gasteiger partial charge in [0.1, 0.15) is 0 Å². The van der Waals surface area contributed by atoms with Crippen LogP contribution in [0.2, 0.25) is 0 Å². The van der Waals surface area contributed by atoms with E-state index in [4.69, 9.17) is 0 Å². The fraction of sp³-hybridized carbons (Fsp3) is 0.421. The lowest BCUT2D eigenvalue weighted by molar-refractivity contribution is 0.0779. The quantitative estimate of drug-likeness (QED) is 0.932. The SMILES string of the molecule is O=C(c1sccc1-c1ccccc1)N1CCC(N2CCNCC2)C1. The molecule has 5 heteroatoms. The van der Waals surface area contributed by atoms with Gasteiger partial charge in [-0.2, -0.15) is 0 Å². The van der Waals surface area contributed by atoms with Gasteiger partial charge >= 0.3 is 0 Å². The topological polar surface area (TPSA) is 35.6 Å². The van der Waals surface area contributed by atoms with Crippen molar-refractivity contribution in [2.24, 2.45) is 0 Å². The van der Waals surface area contributed by atoms with Crippen molar-refractivity contribution in [3.05, 3.63) is 46.7 Å². The Hall–Kier alpha value is -1.69. The molecule has 2 saturated heterocycles.